The van der Waals surface area contributed by atoms with Crippen molar-refractivity contribution in [3.05, 3.63) is 29.8 Å². The van der Waals surface area contributed by atoms with E-state index in [-0.39, 0.29) is 11.9 Å². The van der Waals surface area contributed by atoms with Gasteiger partial charge in [0.1, 0.15) is 5.75 Å². The molecule has 0 aliphatic carbocycles. The molecule has 1 rings (SSSR count). The zero-order chi connectivity index (χ0) is 16.5. The average molecular weight is 302 g/mol. The molecular formula is C18H26N2O2. The molecule has 0 spiro atoms. The maximum atomic E-state index is 12.6. The van der Waals surface area contributed by atoms with Crippen LogP contribution < -0.4 is 4.74 Å². The standard InChI is InChI=1S/C18H26N2O2/c1-5-6-7-12-20(14(2)3)18(21)15(4)22-17-10-8-16(13-19)9-11-17/h8-11,14-15H,5-7,12H2,1-4H3. The Kier molecular flexibility index (Phi) is 7.45. The van der Waals surface area contributed by atoms with Crippen LogP contribution in [0.3, 0.4) is 0 Å². The maximum Gasteiger partial charge on any atom is 0.263 e. The van der Waals surface area contributed by atoms with Crippen LogP contribution in [0.2, 0.25) is 0 Å². The molecule has 0 aromatic heterocycles. The number of hydrogen-bond donors (Lipinski definition) is 0. The van der Waals surface area contributed by atoms with Crippen LogP contribution in [0.1, 0.15) is 52.5 Å². The molecule has 0 N–H and O–H groups in total. The van der Waals surface area contributed by atoms with Gasteiger partial charge in [0.2, 0.25) is 0 Å². The van der Waals surface area contributed by atoms with Gasteiger partial charge in [0.15, 0.2) is 6.10 Å². The van der Waals surface area contributed by atoms with Crippen LogP contribution >= 0.6 is 0 Å². The monoisotopic (exact) mass is 302 g/mol. The molecular weight excluding hydrogens is 276 g/mol. The summed E-state index contributed by atoms with van der Waals surface area (Å²) in [5.41, 5.74) is 0.578. The molecule has 4 heteroatoms. The van der Waals surface area contributed by atoms with E-state index in [1.165, 1.54) is 0 Å². The van der Waals surface area contributed by atoms with Crippen molar-refractivity contribution in [2.75, 3.05) is 6.54 Å². The first-order valence-electron chi connectivity index (χ1n) is 7.96. The molecule has 0 heterocycles. The van der Waals surface area contributed by atoms with Crippen molar-refractivity contribution in [1.29, 1.82) is 5.26 Å². The van der Waals surface area contributed by atoms with Gasteiger partial charge in [-0.15, -0.1) is 0 Å². The van der Waals surface area contributed by atoms with Gasteiger partial charge in [-0.2, -0.15) is 5.26 Å². The minimum absolute atomic E-state index is 0.00969. The molecule has 0 fully saturated rings. The normalized spacial score (nSPS) is 11.8. The van der Waals surface area contributed by atoms with E-state index in [1.54, 1.807) is 31.2 Å². The van der Waals surface area contributed by atoms with Gasteiger partial charge in [0.05, 0.1) is 11.6 Å². The van der Waals surface area contributed by atoms with Crippen LogP contribution in [0.4, 0.5) is 0 Å². The van der Waals surface area contributed by atoms with Gasteiger partial charge in [-0.1, -0.05) is 19.8 Å². The molecule has 4 nitrogen and oxygen atoms in total. The third kappa shape index (κ3) is 5.40. The SMILES string of the molecule is CCCCCN(C(=O)C(C)Oc1ccc(C#N)cc1)C(C)C. The minimum Gasteiger partial charge on any atom is -0.481 e. The van der Waals surface area contributed by atoms with Crippen molar-refractivity contribution in [3.63, 3.8) is 0 Å². The highest BCUT2D eigenvalue weighted by atomic mass is 16.5. The van der Waals surface area contributed by atoms with Crippen LogP contribution in [0.15, 0.2) is 24.3 Å². The zero-order valence-electron chi connectivity index (χ0n) is 14.0. The summed E-state index contributed by atoms with van der Waals surface area (Å²) in [5.74, 6) is 0.618. The van der Waals surface area contributed by atoms with Crippen LogP contribution in [0.25, 0.3) is 0 Å². The predicted molar refractivity (Wildman–Crippen MR) is 87.6 cm³/mol. The number of benzene rings is 1. The molecule has 0 saturated heterocycles. The van der Waals surface area contributed by atoms with E-state index in [9.17, 15) is 4.79 Å². The number of rotatable bonds is 8. The third-order valence-electron chi connectivity index (χ3n) is 3.55. The lowest BCUT2D eigenvalue weighted by Gasteiger charge is -2.29. The van der Waals surface area contributed by atoms with Crippen LogP contribution in [0, 0.1) is 11.3 Å². The Bertz CT molecular complexity index is 503. The summed E-state index contributed by atoms with van der Waals surface area (Å²) in [6.07, 6.45) is 2.75. The molecule has 22 heavy (non-hydrogen) atoms. The Morgan fingerprint density at radius 1 is 1.23 bits per heavy atom. The van der Waals surface area contributed by atoms with E-state index in [0.717, 1.165) is 25.8 Å². The summed E-state index contributed by atoms with van der Waals surface area (Å²) in [5, 5.41) is 8.78. The van der Waals surface area contributed by atoms with Gasteiger partial charge in [0, 0.05) is 12.6 Å². The first-order chi connectivity index (χ1) is 10.5. The van der Waals surface area contributed by atoms with Gasteiger partial charge >= 0.3 is 0 Å². The lowest BCUT2D eigenvalue weighted by Crippen LogP contribution is -2.44. The number of carbonyl (C=O) groups excluding carboxylic acids is 1. The molecule has 0 saturated carbocycles. The van der Waals surface area contributed by atoms with Crippen LogP contribution in [0.5, 0.6) is 5.75 Å². The summed E-state index contributed by atoms with van der Waals surface area (Å²) in [4.78, 5) is 14.4. The summed E-state index contributed by atoms with van der Waals surface area (Å²) < 4.78 is 5.71. The molecule has 1 aromatic carbocycles. The number of nitrogens with zero attached hydrogens (tertiary/aromatic N) is 2. The highest BCUT2D eigenvalue weighted by molar-refractivity contribution is 5.81. The van der Waals surface area contributed by atoms with Crippen LogP contribution in [-0.2, 0) is 4.79 Å². The highest BCUT2D eigenvalue weighted by Gasteiger charge is 2.23. The van der Waals surface area contributed by atoms with E-state index in [4.69, 9.17) is 10.00 Å². The molecule has 1 unspecified atom stereocenters. The Hall–Kier alpha value is -2.02. The minimum atomic E-state index is -0.531. The summed E-state index contributed by atoms with van der Waals surface area (Å²) >= 11 is 0. The Balaban J connectivity index is 2.65. The second-order valence-corrected chi connectivity index (χ2v) is 5.73. The van der Waals surface area contributed by atoms with Crippen molar-refractivity contribution in [2.24, 2.45) is 0 Å². The molecule has 0 radical (unpaired) electrons. The molecule has 1 amide bonds. The average Bonchev–Trinajstić information content (AvgIpc) is 2.51. The van der Waals surface area contributed by atoms with E-state index in [0.29, 0.717) is 11.3 Å². The molecule has 1 aromatic rings. The zero-order valence-corrected chi connectivity index (χ0v) is 14.0. The second kappa shape index (κ2) is 9.09. The summed E-state index contributed by atoms with van der Waals surface area (Å²) in [7, 11) is 0. The molecule has 0 aliphatic rings. The number of amides is 1. The Morgan fingerprint density at radius 3 is 2.36 bits per heavy atom. The number of nitriles is 1. The summed E-state index contributed by atoms with van der Waals surface area (Å²) in [6, 6.07) is 9.04. The fraction of sp³-hybridized carbons (Fsp3) is 0.556. The fourth-order valence-electron chi connectivity index (χ4n) is 2.25. The van der Waals surface area contributed by atoms with Crippen molar-refractivity contribution in [3.8, 4) is 11.8 Å². The summed E-state index contributed by atoms with van der Waals surface area (Å²) in [6.45, 7) is 8.75. The van der Waals surface area contributed by atoms with Crippen molar-refractivity contribution < 1.29 is 9.53 Å². The maximum absolute atomic E-state index is 12.6. The number of unbranched alkanes of at least 4 members (excludes halogenated alkanes) is 2. The first-order valence-corrected chi connectivity index (χ1v) is 7.96. The van der Waals surface area contributed by atoms with Crippen molar-refractivity contribution in [1.82, 2.24) is 4.90 Å². The lowest BCUT2D eigenvalue weighted by molar-refractivity contribution is -0.139. The predicted octanol–water partition coefficient (Wildman–Crippen LogP) is 3.75. The van der Waals surface area contributed by atoms with Gasteiger partial charge in [-0.05, 0) is 51.5 Å². The van der Waals surface area contributed by atoms with Gasteiger partial charge in [0.25, 0.3) is 5.91 Å². The van der Waals surface area contributed by atoms with Gasteiger partial charge in [-0.3, -0.25) is 4.79 Å². The second-order valence-electron chi connectivity index (χ2n) is 5.73. The van der Waals surface area contributed by atoms with E-state index < -0.39 is 6.10 Å². The quantitative estimate of drug-likeness (QED) is 0.687. The fourth-order valence-corrected chi connectivity index (χ4v) is 2.25. The topological polar surface area (TPSA) is 53.3 Å². The number of carbonyl (C=O) groups is 1. The van der Waals surface area contributed by atoms with Gasteiger partial charge in [-0.25, -0.2) is 0 Å². The molecule has 120 valence electrons. The first kappa shape index (κ1) is 18.0. The largest absolute Gasteiger partial charge is 0.481 e. The number of ether oxygens (including phenoxy) is 1. The Labute approximate surface area is 133 Å². The van der Waals surface area contributed by atoms with Crippen molar-refractivity contribution >= 4 is 5.91 Å². The Morgan fingerprint density at radius 2 is 1.86 bits per heavy atom. The lowest BCUT2D eigenvalue weighted by atomic mass is 10.2. The highest BCUT2D eigenvalue weighted by Crippen LogP contribution is 2.15. The van der Waals surface area contributed by atoms with Gasteiger partial charge < -0.3 is 9.64 Å². The van der Waals surface area contributed by atoms with E-state index in [2.05, 4.69) is 13.0 Å². The van der Waals surface area contributed by atoms with E-state index >= 15 is 0 Å². The van der Waals surface area contributed by atoms with E-state index in [1.807, 2.05) is 18.7 Å². The van der Waals surface area contributed by atoms with Crippen LogP contribution in [-0.4, -0.2) is 29.5 Å². The molecule has 0 bridgehead atoms. The molecule has 0 aliphatic heterocycles. The third-order valence-corrected chi connectivity index (χ3v) is 3.55. The molecule has 1 atom stereocenters. The van der Waals surface area contributed by atoms with Crippen molar-refractivity contribution in [2.45, 2.75) is 59.1 Å². The smallest absolute Gasteiger partial charge is 0.263 e. The number of hydrogen-bond acceptors (Lipinski definition) is 3.